The molecule has 3 amide bonds. The maximum Gasteiger partial charge on any atom is 0.408 e. The minimum absolute atomic E-state index is 0.0240. The minimum Gasteiger partial charge on any atom is -0.508 e. The molecule has 0 aromatic heterocycles. The summed E-state index contributed by atoms with van der Waals surface area (Å²) in [5.41, 5.74) is 2.78. The number of phenols is 2. The highest BCUT2D eigenvalue weighted by atomic mass is 16.6. The molecule has 0 spiro atoms. The summed E-state index contributed by atoms with van der Waals surface area (Å²) in [6.07, 6.45) is -0.156. The minimum atomic E-state index is -1.10. The van der Waals surface area contributed by atoms with E-state index in [-0.39, 0.29) is 17.9 Å². The van der Waals surface area contributed by atoms with Crippen molar-refractivity contribution >= 4 is 23.6 Å². The monoisotopic (exact) mass is 589 g/mol. The van der Waals surface area contributed by atoms with Gasteiger partial charge in [-0.25, -0.2) is 4.79 Å². The van der Waals surface area contributed by atoms with Crippen LogP contribution in [-0.4, -0.2) is 50.7 Å². The number of nitrogens with zero attached hydrogens (tertiary/aromatic N) is 1. The molecule has 0 saturated heterocycles. The number of nitrogens with one attached hydrogen (secondary N) is 2. The van der Waals surface area contributed by atoms with Crippen LogP contribution in [0.3, 0.4) is 0 Å². The van der Waals surface area contributed by atoms with Gasteiger partial charge in [0.05, 0.1) is 0 Å². The molecule has 9 nitrogen and oxygen atoms in total. The quantitative estimate of drug-likeness (QED) is 0.224. The van der Waals surface area contributed by atoms with Gasteiger partial charge in [-0.2, -0.15) is 0 Å². The number of para-hydroxylation sites is 1. The maximum absolute atomic E-state index is 14.6. The maximum atomic E-state index is 14.6. The number of benzene rings is 3. The number of alkyl carbamates (subject to hydrolysis) is 1. The van der Waals surface area contributed by atoms with E-state index in [9.17, 15) is 24.6 Å². The molecule has 9 heteroatoms. The van der Waals surface area contributed by atoms with E-state index in [4.69, 9.17) is 4.74 Å². The average Bonchev–Trinajstić information content (AvgIpc) is 2.93. The van der Waals surface area contributed by atoms with Gasteiger partial charge in [-0.15, -0.1) is 0 Å². The second-order valence-corrected chi connectivity index (χ2v) is 11.8. The molecule has 0 aliphatic carbocycles. The fraction of sp³-hybridized carbons (Fsp3) is 0.382. The lowest BCUT2D eigenvalue weighted by Gasteiger charge is -2.38. The summed E-state index contributed by atoms with van der Waals surface area (Å²) in [7, 11) is 0. The van der Waals surface area contributed by atoms with Crippen molar-refractivity contribution in [3.8, 4) is 11.5 Å². The van der Waals surface area contributed by atoms with E-state index in [0.717, 1.165) is 11.1 Å². The molecule has 43 heavy (non-hydrogen) atoms. The number of aryl methyl sites for hydroxylation is 2. The predicted octanol–water partition coefficient (Wildman–Crippen LogP) is 6.16. The van der Waals surface area contributed by atoms with Gasteiger partial charge in [-0.3, -0.25) is 9.59 Å². The van der Waals surface area contributed by atoms with Crippen molar-refractivity contribution < 1.29 is 29.3 Å². The Morgan fingerprint density at radius 2 is 1.42 bits per heavy atom. The van der Waals surface area contributed by atoms with Crippen LogP contribution in [0, 0.1) is 13.8 Å². The molecular weight excluding hydrogens is 546 g/mol. The molecule has 3 atom stereocenters. The molecule has 230 valence electrons. The Labute approximate surface area is 253 Å². The highest BCUT2D eigenvalue weighted by molar-refractivity contribution is 6.00. The third-order valence-electron chi connectivity index (χ3n) is 7.15. The van der Waals surface area contributed by atoms with E-state index in [1.54, 1.807) is 45.0 Å². The predicted molar refractivity (Wildman–Crippen MR) is 167 cm³/mol. The standard InChI is InChI=1S/C34H43N3O6/c1-8-23(4)37(32(41)28(35-33(42)43-34(5,6)7)20-24-12-16-26(38)17-13-24)30(25-14-18-27(39)19-15-25)31(40)36-29-21(2)10-9-11-22(29)3/h9-19,23,28,30,38-39H,8,20H2,1-7H3,(H,35,42)(H,36,40). The molecule has 4 N–H and O–H groups in total. The van der Waals surface area contributed by atoms with E-state index in [2.05, 4.69) is 10.6 Å². The van der Waals surface area contributed by atoms with E-state index >= 15 is 0 Å². The normalized spacial score (nSPS) is 13.4. The third-order valence-corrected chi connectivity index (χ3v) is 7.15. The summed E-state index contributed by atoms with van der Waals surface area (Å²) >= 11 is 0. The van der Waals surface area contributed by atoms with Crippen molar-refractivity contribution in [2.24, 2.45) is 0 Å². The first kappa shape index (κ1) is 33.0. The number of aromatic hydroxyl groups is 2. The van der Waals surface area contributed by atoms with Crippen molar-refractivity contribution in [2.75, 3.05) is 5.32 Å². The van der Waals surface area contributed by atoms with Gasteiger partial charge in [-0.05, 0) is 94.5 Å². The van der Waals surface area contributed by atoms with Crippen LogP contribution < -0.4 is 10.6 Å². The van der Waals surface area contributed by atoms with Gasteiger partial charge in [0, 0.05) is 18.2 Å². The largest absolute Gasteiger partial charge is 0.508 e. The number of anilines is 1. The van der Waals surface area contributed by atoms with Crippen LogP contribution in [0.4, 0.5) is 10.5 Å². The van der Waals surface area contributed by atoms with Crippen molar-refractivity contribution in [3.05, 3.63) is 89.0 Å². The number of phenolic OH excluding ortho intramolecular Hbond substituents is 2. The SMILES string of the molecule is CCC(C)N(C(=O)C(Cc1ccc(O)cc1)NC(=O)OC(C)(C)C)C(C(=O)Nc1c(C)cccc1C)c1ccc(O)cc1. The Hall–Kier alpha value is -4.53. The molecule has 3 aromatic rings. The number of carbonyl (C=O) groups excluding carboxylic acids is 3. The third kappa shape index (κ3) is 8.98. The Morgan fingerprint density at radius 1 is 0.884 bits per heavy atom. The average molecular weight is 590 g/mol. The van der Waals surface area contributed by atoms with Gasteiger partial charge in [0.2, 0.25) is 5.91 Å². The number of rotatable bonds is 10. The first-order valence-electron chi connectivity index (χ1n) is 14.5. The Kier molecular flexibility index (Phi) is 10.8. The van der Waals surface area contributed by atoms with Crippen LogP contribution in [-0.2, 0) is 20.7 Å². The summed E-state index contributed by atoms with van der Waals surface area (Å²) < 4.78 is 5.48. The molecule has 0 bridgehead atoms. The molecule has 3 aromatic carbocycles. The van der Waals surface area contributed by atoms with Gasteiger partial charge in [-0.1, -0.05) is 49.4 Å². The van der Waals surface area contributed by atoms with Crippen LogP contribution in [0.1, 0.15) is 69.3 Å². The summed E-state index contributed by atoms with van der Waals surface area (Å²) in [5, 5.41) is 25.5. The summed E-state index contributed by atoms with van der Waals surface area (Å²) in [4.78, 5) is 43.2. The lowest BCUT2D eigenvalue weighted by Crippen LogP contribution is -2.55. The van der Waals surface area contributed by atoms with Crippen LogP contribution in [0.15, 0.2) is 66.7 Å². The fourth-order valence-corrected chi connectivity index (χ4v) is 4.79. The Bertz CT molecular complexity index is 1390. The second-order valence-electron chi connectivity index (χ2n) is 11.8. The molecule has 3 unspecified atom stereocenters. The first-order chi connectivity index (χ1) is 20.2. The summed E-state index contributed by atoms with van der Waals surface area (Å²) in [6, 6.07) is 15.6. The number of hydrogen-bond donors (Lipinski definition) is 4. The zero-order valence-electron chi connectivity index (χ0n) is 26.0. The molecule has 0 saturated carbocycles. The van der Waals surface area contributed by atoms with E-state index in [1.807, 2.05) is 45.9 Å². The molecule has 0 fully saturated rings. The summed E-state index contributed by atoms with van der Waals surface area (Å²) in [6.45, 7) is 12.7. The van der Waals surface area contributed by atoms with Crippen LogP contribution in [0.25, 0.3) is 0 Å². The molecule has 0 aliphatic rings. The van der Waals surface area contributed by atoms with E-state index in [0.29, 0.717) is 23.2 Å². The van der Waals surface area contributed by atoms with Crippen LogP contribution in [0.2, 0.25) is 0 Å². The van der Waals surface area contributed by atoms with Crippen molar-refractivity contribution in [1.82, 2.24) is 10.2 Å². The second kappa shape index (κ2) is 14.1. The highest BCUT2D eigenvalue weighted by Crippen LogP contribution is 2.30. The topological polar surface area (TPSA) is 128 Å². The van der Waals surface area contributed by atoms with Crippen LogP contribution in [0.5, 0.6) is 11.5 Å². The number of ether oxygens (including phenoxy) is 1. The zero-order valence-corrected chi connectivity index (χ0v) is 26.0. The molecule has 0 heterocycles. The Morgan fingerprint density at radius 3 is 1.93 bits per heavy atom. The molecule has 3 rings (SSSR count). The van der Waals surface area contributed by atoms with Crippen LogP contribution >= 0.6 is 0 Å². The van der Waals surface area contributed by atoms with Gasteiger partial charge in [0.25, 0.3) is 5.91 Å². The van der Waals surface area contributed by atoms with Gasteiger partial charge >= 0.3 is 6.09 Å². The number of hydrogen-bond acceptors (Lipinski definition) is 6. The lowest BCUT2D eigenvalue weighted by molar-refractivity contribution is -0.143. The fourth-order valence-electron chi connectivity index (χ4n) is 4.79. The smallest absolute Gasteiger partial charge is 0.408 e. The van der Waals surface area contributed by atoms with E-state index < -0.39 is 41.6 Å². The number of amides is 3. The molecular formula is C34H43N3O6. The van der Waals surface area contributed by atoms with Gasteiger partial charge in [0.1, 0.15) is 29.2 Å². The highest BCUT2D eigenvalue weighted by Gasteiger charge is 2.39. The molecule has 0 aliphatic heterocycles. The summed E-state index contributed by atoms with van der Waals surface area (Å²) in [5.74, 6) is -0.820. The lowest BCUT2D eigenvalue weighted by atomic mass is 9.97. The first-order valence-corrected chi connectivity index (χ1v) is 14.5. The van der Waals surface area contributed by atoms with Gasteiger partial charge in [0.15, 0.2) is 0 Å². The zero-order chi connectivity index (χ0) is 31.9. The number of carbonyl (C=O) groups is 3. The van der Waals surface area contributed by atoms with Crippen molar-refractivity contribution in [1.29, 1.82) is 0 Å². The van der Waals surface area contributed by atoms with E-state index in [1.165, 1.54) is 29.2 Å². The Balaban J connectivity index is 2.11. The molecule has 0 radical (unpaired) electrons. The van der Waals surface area contributed by atoms with Gasteiger partial charge < -0.3 is 30.5 Å². The van der Waals surface area contributed by atoms with Crippen molar-refractivity contribution in [2.45, 2.75) is 85.0 Å². The van der Waals surface area contributed by atoms with Crippen molar-refractivity contribution in [3.63, 3.8) is 0 Å².